The van der Waals surface area contributed by atoms with E-state index in [2.05, 4.69) is 27.4 Å². The Morgan fingerprint density at radius 1 is 1.18 bits per heavy atom. The molecule has 3 aromatic rings. The molecule has 2 N–H and O–H groups in total. The summed E-state index contributed by atoms with van der Waals surface area (Å²) in [6.07, 6.45) is 1.72. The lowest BCUT2D eigenvalue weighted by Gasteiger charge is -2.16. The zero-order chi connectivity index (χ0) is 23.8. The average Bonchev–Trinajstić information content (AvgIpc) is 3.21. The minimum Gasteiger partial charge on any atom is -0.495 e. The van der Waals surface area contributed by atoms with Crippen LogP contribution in [0.15, 0.2) is 66.3 Å². The quantitative estimate of drug-likeness (QED) is 0.347. The number of benzene rings is 2. The molecular weight excluding hydrogens is 438 g/mol. The van der Waals surface area contributed by atoms with Crippen LogP contribution in [0.25, 0.3) is 0 Å². The van der Waals surface area contributed by atoms with Gasteiger partial charge in [0.25, 0.3) is 5.91 Å². The van der Waals surface area contributed by atoms with Gasteiger partial charge in [0.1, 0.15) is 5.75 Å². The second-order valence-electron chi connectivity index (χ2n) is 7.29. The fraction of sp³-hybridized carbons (Fsp3) is 0.250. The van der Waals surface area contributed by atoms with Gasteiger partial charge in [0.2, 0.25) is 5.91 Å². The van der Waals surface area contributed by atoms with Gasteiger partial charge < -0.3 is 19.9 Å². The van der Waals surface area contributed by atoms with E-state index < -0.39 is 0 Å². The van der Waals surface area contributed by atoms with Crippen LogP contribution >= 0.6 is 11.8 Å². The standard InChI is InChI=1S/C24H27N5O3S/c1-5-14-29-22(17(3)25-23(31)18-11-7-6-10-16(18)2)27-28-24(29)33-15-21(30)26-19-12-8-9-13-20(19)32-4/h5-13,17H,1,14-15H2,2-4H3,(H,25,31)(H,26,30)/t17-/m1/s1. The van der Waals surface area contributed by atoms with E-state index >= 15 is 0 Å². The van der Waals surface area contributed by atoms with Crippen LogP contribution in [0.1, 0.15) is 34.7 Å². The Labute approximate surface area is 197 Å². The van der Waals surface area contributed by atoms with Crippen molar-refractivity contribution in [3.05, 3.63) is 78.1 Å². The molecule has 2 amide bonds. The van der Waals surface area contributed by atoms with Crippen molar-refractivity contribution in [2.45, 2.75) is 31.6 Å². The fourth-order valence-electron chi connectivity index (χ4n) is 3.26. The summed E-state index contributed by atoms with van der Waals surface area (Å²) in [4.78, 5) is 25.2. The summed E-state index contributed by atoms with van der Waals surface area (Å²) < 4.78 is 7.11. The molecule has 0 bridgehead atoms. The number of amides is 2. The zero-order valence-corrected chi connectivity index (χ0v) is 19.7. The summed E-state index contributed by atoms with van der Waals surface area (Å²) in [5, 5.41) is 14.9. The third-order valence-corrected chi connectivity index (χ3v) is 5.86. The van der Waals surface area contributed by atoms with Gasteiger partial charge in [0.15, 0.2) is 11.0 Å². The Hall–Kier alpha value is -3.59. The van der Waals surface area contributed by atoms with E-state index in [0.717, 1.165) is 5.56 Å². The number of anilines is 1. The maximum atomic E-state index is 12.7. The summed E-state index contributed by atoms with van der Waals surface area (Å²) in [5.41, 5.74) is 2.11. The number of nitrogens with one attached hydrogen (secondary N) is 2. The Morgan fingerprint density at radius 2 is 1.91 bits per heavy atom. The molecule has 8 nitrogen and oxygen atoms in total. The highest BCUT2D eigenvalue weighted by molar-refractivity contribution is 7.99. The molecule has 0 fully saturated rings. The van der Waals surface area contributed by atoms with E-state index in [1.165, 1.54) is 11.8 Å². The molecule has 33 heavy (non-hydrogen) atoms. The zero-order valence-electron chi connectivity index (χ0n) is 18.9. The van der Waals surface area contributed by atoms with Crippen molar-refractivity contribution in [1.82, 2.24) is 20.1 Å². The van der Waals surface area contributed by atoms with Gasteiger partial charge in [-0.15, -0.1) is 16.8 Å². The first kappa shape index (κ1) is 24.1. The largest absolute Gasteiger partial charge is 0.495 e. The topological polar surface area (TPSA) is 98.1 Å². The molecule has 2 aromatic carbocycles. The van der Waals surface area contributed by atoms with Gasteiger partial charge in [-0.05, 0) is 37.6 Å². The molecule has 0 spiro atoms. The molecule has 9 heteroatoms. The van der Waals surface area contributed by atoms with Crippen molar-refractivity contribution in [2.24, 2.45) is 0 Å². The molecule has 0 aliphatic rings. The van der Waals surface area contributed by atoms with E-state index in [1.807, 2.05) is 48.7 Å². The van der Waals surface area contributed by atoms with Gasteiger partial charge in [-0.2, -0.15) is 0 Å². The molecular formula is C24H27N5O3S. The van der Waals surface area contributed by atoms with Gasteiger partial charge in [-0.25, -0.2) is 0 Å². The van der Waals surface area contributed by atoms with Gasteiger partial charge in [0.05, 0.1) is 24.6 Å². The highest BCUT2D eigenvalue weighted by Gasteiger charge is 2.21. The monoisotopic (exact) mass is 465 g/mol. The van der Waals surface area contributed by atoms with Gasteiger partial charge in [-0.1, -0.05) is 48.2 Å². The first-order valence-electron chi connectivity index (χ1n) is 10.4. The maximum absolute atomic E-state index is 12.7. The number of para-hydroxylation sites is 2. The second-order valence-corrected chi connectivity index (χ2v) is 8.23. The predicted molar refractivity (Wildman–Crippen MR) is 130 cm³/mol. The van der Waals surface area contributed by atoms with Gasteiger partial charge >= 0.3 is 0 Å². The minimum atomic E-state index is -0.388. The fourth-order valence-corrected chi connectivity index (χ4v) is 4.01. The number of hydrogen-bond donors (Lipinski definition) is 2. The lowest BCUT2D eigenvalue weighted by Crippen LogP contribution is -2.29. The summed E-state index contributed by atoms with van der Waals surface area (Å²) in [5.74, 6) is 0.937. The van der Waals surface area contributed by atoms with E-state index in [-0.39, 0.29) is 23.6 Å². The first-order chi connectivity index (χ1) is 15.9. The molecule has 0 aliphatic carbocycles. The number of aryl methyl sites for hydroxylation is 1. The number of carbonyl (C=O) groups excluding carboxylic acids is 2. The van der Waals surface area contributed by atoms with Crippen LogP contribution in [0, 0.1) is 6.92 Å². The number of hydrogen-bond acceptors (Lipinski definition) is 6. The minimum absolute atomic E-state index is 0.136. The van der Waals surface area contributed by atoms with E-state index in [9.17, 15) is 9.59 Å². The molecule has 3 rings (SSSR count). The summed E-state index contributed by atoms with van der Waals surface area (Å²) in [6.45, 7) is 7.99. The van der Waals surface area contributed by atoms with Crippen LogP contribution in [0.3, 0.4) is 0 Å². The normalized spacial score (nSPS) is 11.5. The third-order valence-electron chi connectivity index (χ3n) is 4.90. The number of aromatic nitrogens is 3. The van der Waals surface area contributed by atoms with Crippen LogP contribution in [-0.2, 0) is 11.3 Å². The number of ether oxygens (including phenoxy) is 1. The van der Waals surface area contributed by atoms with E-state index in [4.69, 9.17) is 4.74 Å². The Kier molecular flexibility index (Phi) is 8.26. The number of methoxy groups -OCH3 is 1. The molecule has 0 aliphatic heterocycles. The van der Waals surface area contributed by atoms with Crippen molar-refractivity contribution in [1.29, 1.82) is 0 Å². The molecule has 0 saturated carbocycles. The average molecular weight is 466 g/mol. The maximum Gasteiger partial charge on any atom is 0.252 e. The molecule has 0 unspecified atom stereocenters. The van der Waals surface area contributed by atoms with Crippen molar-refractivity contribution in [2.75, 3.05) is 18.2 Å². The highest BCUT2D eigenvalue weighted by Crippen LogP contribution is 2.25. The number of thioether (sulfide) groups is 1. The van der Waals surface area contributed by atoms with E-state index in [1.54, 1.807) is 31.4 Å². The number of allylic oxidation sites excluding steroid dienone is 1. The smallest absolute Gasteiger partial charge is 0.252 e. The van der Waals surface area contributed by atoms with Crippen LogP contribution in [0.2, 0.25) is 0 Å². The van der Waals surface area contributed by atoms with Crippen molar-refractivity contribution in [3.63, 3.8) is 0 Å². The van der Waals surface area contributed by atoms with Crippen LogP contribution in [0.4, 0.5) is 5.69 Å². The number of carbonyl (C=O) groups is 2. The lowest BCUT2D eigenvalue weighted by molar-refractivity contribution is -0.113. The van der Waals surface area contributed by atoms with Gasteiger partial charge in [-0.3, -0.25) is 9.59 Å². The van der Waals surface area contributed by atoms with Crippen LogP contribution in [0.5, 0.6) is 5.75 Å². The van der Waals surface area contributed by atoms with Crippen molar-refractivity contribution < 1.29 is 14.3 Å². The molecule has 0 radical (unpaired) electrons. The Morgan fingerprint density at radius 3 is 2.64 bits per heavy atom. The second kappa shape index (κ2) is 11.3. The molecule has 172 valence electrons. The Bertz CT molecular complexity index is 1140. The van der Waals surface area contributed by atoms with E-state index in [0.29, 0.717) is 34.5 Å². The Balaban J connectivity index is 1.68. The lowest BCUT2D eigenvalue weighted by atomic mass is 10.1. The number of nitrogens with zero attached hydrogens (tertiary/aromatic N) is 3. The van der Waals surface area contributed by atoms with Gasteiger partial charge in [0, 0.05) is 12.1 Å². The van der Waals surface area contributed by atoms with Crippen molar-refractivity contribution in [3.8, 4) is 5.75 Å². The van der Waals surface area contributed by atoms with Crippen LogP contribution < -0.4 is 15.4 Å². The summed E-state index contributed by atoms with van der Waals surface area (Å²) in [6, 6.07) is 14.2. The summed E-state index contributed by atoms with van der Waals surface area (Å²) in [7, 11) is 1.55. The molecule has 1 aromatic heterocycles. The highest BCUT2D eigenvalue weighted by atomic mass is 32.2. The molecule has 1 atom stereocenters. The third kappa shape index (κ3) is 6.01. The van der Waals surface area contributed by atoms with Crippen LogP contribution in [-0.4, -0.2) is 39.4 Å². The van der Waals surface area contributed by atoms with Crippen molar-refractivity contribution >= 4 is 29.3 Å². The summed E-state index contributed by atoms with van der Waals surface area (Å²) >= 11 is 1.26. The molecule has 0 saturated heterocycles. The SMILES string of the molecule is C=CCn1c(SCC(=O)Nc2ccccc2OC)nnc1[C@@H](C)NC(=O)c1ccccc1C. The first-order valence-corrected chi connectivity index (χ1v) is 11.4. The number of rotatable bonds is 10. The predicted octanol–water partition coefficient (Wildman–Crippen LogP) is 4.00. The molecule has 1 heterocycles.